The van der Waals surface area contributed by atoms with E-state index < -0.39 is 0 Å². The van der Waals surface area contributed by atoms with Gasteiger partial charge in [0, 0.05) is 75.9 Å². The highest BCUT2D eigenvalue weighted by molar-refractivity contribution is 6.07. The fraction of sp³-hybridized carbons (Fsp3) is 0.355. The van der Waals surface area contributed by atoms with Gasteiger partial charge in [0.1, 0.15) is 0 Å². The van der Waals surface area contributed by atoms with Crippen molar-refractivity contribution in [2.24, 2.45) is 0 Å². The zero-order valence-electron chi connectivity index (χ0n) is 24.0. The van der Waals surface area contributed by atoms with E-state index in [1.54, 1.807) is 56.8 Å². The summed E-state index contributed by atoms with van der Waals surface area (Å²) >= 11 is 0. The van der Waals surface area contributed by atoms with Crippen LogP contribution in [-0.4, -0.2) is 99.1 Å². The predicted molar refractivity (Wildman–Crippen MR) is 160 cm³/mol. The molecule has 0 atom stereocenters. The van der Waals surface area contributed by atoms with Gasteiger partial charge in [-0.3, -0.25) is 19.4 Å². The number of carbonyl (C=O) groups is 3. The van der Waals surface area contributed by atoms with E-state index in [-0.39, 0.29) is 17.7 Å². The molecule has 0 spiro atoms. The number of piperazine rings is 1. The van der Waals surface area contributed by atoms with Crippen LogP contribution in [0.4, 0.5) is 11.4 Å². The van der Waals surface area contributed by atoms with Gasteiger partial charge in [-0.2, -0.15) is 0 Å². The van der Waals surface area contributed by atoms with Crippen LogP contribution in [0.25, 0.3) is 0 Å². The maximum atomic E-state index is 13.4. The minimum atomic E-state index is -0.309. The number of amides is 3. The second kappa shape index (κ2) is 13.3. The van der Waals surface area contributed by atoms with E-state index in [4.69, 9.17) is 9.47 Å². The van der Waals surface area contributed by atoms with Gasteiger partial charge in [-0.25, -0.2) is 0 Å². The van der Waals surface area contributed by atoms with Crippen LogP contribution in [0.1, 0.15) is 37.5 Å². The largest absolute Gasteiger partial charge is 0.493 e. The summed E-state index contributed by atoms with van der Waals surface area (Å²) in [6.07, 6.45) is 3.85. The van der Waals surface area contributed by atoms with E-state index in [1.807, 2.05) is 21.9 Å². The molecule has 2 aromatic carbocycles. The highest BCUT2D eigenvalue weighted by Gasteiger charge is 2.25. The lowest BCUT2D eigenvalue weighted by atomic mass is 10.1. The lowest BCUT2D eigenvalue weighted by molar-refractivity contribution is 0.0734. The molecule has 2 aliphatic heterocycles. The van der Waals surface area contributed by atoms with E-state index in [1.165, 1.54) is 6.20 Å². The van der Waals surface area contributed by atoms with Gasteiger partial charge in [0.2, 0.25) is 0 Å². The molecule has 0 bridgehead atoms. The molecule has 3 aromatic rings. The number of nitrogens with zero attached hydrogens (tertiary/aromatic N) is 4. The van der Waals surface area contributed by atoms with Crippen LogP contribution >= 0.6 is 0 Å². The molecule has 0 radical (unpaired) electrons. The summed E-state index contributed by atoms with van der Waals surface area (Å²) < 4.78 is 10.7. The van der Waals surface area contributed by atoms with E-state index in [2.05, 4.69) is 20.5 Å². The fourth-order valence-corrected chi connectivity index (χ4v) is 5.30. The second-order valence-electron chi connectivity index (χ2n) is 10.2. The molecule has 2 aliphatic rings. The summed E-state index contributed by atoms with van der Waals surface area (Å²) in [6, 6.07) is 14.0. The number of hydrogen-bond acceptors (Lipinski definition) is 8. The molecule has 2 N–H and O–H groups in total. The van der Waals surface area contributed by atoms with Gasteiger partial charge in [-0.15, -0.1) is 0 Å². The number of hydrogen-bond donors (Lipinski definition) is 2. The Hall–Kier alpha value is -4.64. The third-order valence-electron chi connectivity index (χ3n) is 7.57. The van der Waals surface area contributed by atoms with Crippen LogP contribution in [0.2, 0.25) is 0 Å². The van der Waals surface area contributed by atoms with E-state index >= 15 is 0 Å². The zero-order chi connectivity index (χ0) is 29.5. The summed E-state index contributed by atoms with van der Waals surface area (Å²) in [5, 5.41) is 6.28. The molecule has 2 fully saturated rings. The first-order valence-electron chi connectivity index (χ1n) is 14.1. The number of anilines is 2. The quantitative estimate of drug-likeness (QED) is 0.444. The van der Waals surface area contributed by atoms with Crippen molar-refractivity contribution in [1.29, 1.82) is 0 Å². The van der Waals surface area contributed by atoms with Crippen molar-refractivity contribution in [2.45, 2.75) is 6.42 Å². The Morgan fingerprint density at radius 3 is 2.21 bits per heavy atom. The first kappa shape index (κ1) is 28.9. The van der Waals surface area contributed by atoms with Crippen molar-refractivity contribution in [3.63, 3.8) is 0 Å². The maximum absolute atomic E-state index is 13.4. The van der Waals surface area contributed by atoms with E-state index in [0.29, 0.717) is 73.1 Å². The molecule has 220 valence electrons. The minimum Gasteiger partial charge on any atom is -0.493 e. The molecule has 5 rings (SSSR count). The van der Waals surface area contributed by atoms with Gasteiger partial charge in [0.25, 0.3) is 17.7 Å². The van der Waals surface area contributed by atoms with Crippen molar-refractivity contribution >= 4 is 29.1 Å². The van der Waals surface area contributed by atoms with Crippen LogP contribution in [0, 0.1) is 0 Å². The van der Waals surface area contributed by atoms with Crippen LogP contribution in [0.5, 0.6) is 11.5 Å². The first-order chi connectivity index (χ1) is 20.5. The van der Waals surface area contributed by atoms with E-state index in [0.717, 1.165) is 25.2 Å². The summed E-state index contributed by atoms with van der Waals surface area (Å²) in [6.45, 7) is 5.07. The lowest BCUT2D eigenvalue weighted by Crippen LogP contribution is -2.46. The molecule has 0 unspecified atom stereocenters. The van der Waals surface area contributed by atoms with Crippen LogP contribution in [0.3, 0.4) is 0 Å². The number of benzene rings is 2. The topological polar surface area (TPSA) is 116 Å². The fourth-order valence-electron chi connectivity index (χ4n) is 5.30. The number of nitrogens with one attached hydrogen (secondary N) is 2. The molecule has 0 saturated carbocycles. The summed E-state index contributed by atoms with van der Waals surface area (Å²) in [5.41, 5.74) is 2.81. The second-order valence-corrected chi connectivity index (χ2v) is 10.2. The maximum Gasteiger partial charge on any atom is 0.257 e. The number of aromatic nitrogens is 1. The average molecular weight is 573 g/mol. The van der Waals surface area contributed by atoms with Crippen molar-refractivity contribution < 1.29 is 23.9 Å². The average Bonchev–Trinajstić information content (AvgIpc) is 3.31. The molecular formula is C31H36N6O5. The van der Waals surface area contributed by atoms with Crippen molar-refractivity contribution in [3.05, 3.63) is 77.6 Å². The molecule has 3 heterocycles. The molecule has 3 amide bonds. The highest BCUT2D eigenvalue weighted by Crippen LogP contribution is 2.31. The number of carbonyl (C=O) groups excluding carboxylic acids is 3. The Kier molecular flexibility index (Phi) is 9.18. The number of pyridine rings is 1. The van der Waals surface area contributed by atoms with Gasteiger partial charge in [0.15, 0.2) is 11.5 Å². The van der Waals surface area contributed by atoms with E-state index in [9.17, 15) is 14.4 Å². The van der Waals surface area contributed by atoms with Crippen LogP contribution < -0.4 is 25.0 Å². The molecule has 11 heteroatoms. The Labute approximate surface area is 245 Å². The van der Waals surface area contributed by atoms with Crippen molar-refractivity contribution in [3.8, 4) is 11.5 Å². The number of rotatable bonds is 7. The van der Waals surface area contributed by atoms with Gasteiger partial charge in [-0.05, 0) is 55.0 Å². The van der Waals surface area contributed by atoms with Gasteiger partial charge in [0.05, 0.1) is 31.2 Å². The Bertz CT molecular complexity index is 1430. The molecular weight excluding hydrogens is 536 g/mol. The number of ether oxygens (including phenoxy) is 2. The minimum absolute atomic E-state index is 0.0671. The Balaban J connectivity index is 1.37. The standard InChI is InChI=1S/C31H36N6O5/c1-41-27-9-7-23(20-28(27)42-2)31(40)36-14-4-13-35(17-18-36)26-8-6-22(30(39)37-15-11-32-12-16-37)19-25(26)34-29(38)24-5-3-10-33-21-24/h3,5-10,19-21,32H,4,11-18H2,1-2H3,(H,34,38). The Morgan fingerprint density at radius 1 is 0.786 bits per heavy atom. The van der Waals surface area contributed by atoms with Gasteiger partial charge in [-0.1, -0.05) is 0 Å². The molecule has 11 nitrogen and oxygen atoms in total. The smallest absolute Gasteiger partial charge is 0.257 e. The third-order valence-corrected chi connectivity index (χ3v) is 7.57. The summed E-state index contributed by atoms with van der Waals surface area (Å²) in [7, 11) is 3.10. The Morgan fingerprint density at radius 2 is 1.50 bits per heavy atom. The van der Waals surface area contributed by atoms with Crippen LogP contribution in [-0.2, 0) is 0 Å². The third kappa shape index (κ3) is 6.46. The normalized spacial score (nSPS) is 15.5. The van der Waals surface area contributed by atoms with Gasteiger partial charge >= 0.3 is 0 Å². The predicted octanol–water partition coefficient (Wildman–Crippen LogP) is 2.75. The molecule has 1 aromatic heterocycles. The lowest BCUT2D eigenvalue weighted by Gasteiger charge is -2.29. The summed E-state index contributed by atoms with van der Waals surface area (Å²) in [5.74, 6) is 0.610. The highest BCUT2D eigenvalue weighted by atomic mass is 16.5. The molecule has 42 heavy (non-hydrogen) atoms. The monoisotopic (exact) mass is 572 g/mol. The van der Waals surface area contributed by atoms with Gasteiger partial charge < -0.3 is 34.8 Å². The van der Waals surface area contributed by atoms with Crippen molar-refractivity contribution in [2.75, 3.05) is 76.8 Å². The molecule has 2 saturated heterocycles. The van der Waals surface area contributed by atoms with Crippen molar-refractivity contribution in [1.82, 2.24) is 20.1 Å². The number of methoxy groups -OCH3 is 2. The van der Waals surface area contributed by atoms with Crippen LogP contribution in [0.15, 0.2) is 60.9 Å². The summed E-state index contributed by atoms with van der Waals surface area (Å²) in [4.78, 5) is 49.7. The molecule has 0 aliphatic carbocycles. The zero-order valence-corrected chi connectivity index (χ0v) is 24.0. The SMILES string of the molecule is COc1ccc(C(=O)N2CCCN(c3ccc(C(=O)N4CCNCC4)cc3NC(=O)c3cccnc3)CC2)cc1OC. The first-order valence-corrected chi connectivity index (χ1v) is 14.1.